The molecule has 3 aliphatic heterocycles. The molecule has 2 aromatic rings. The summed E-state index contributed by atoms with van der Waals surface area (Å²) in [5, 5.41) is 2.85. The number of nitrogens with one attached hydrogen (secondary N) is 1. The lowest BCUT2D eigenvalue weighted by Gasteiger charge is -2.42. The Labute approximate surface area is 217 Å². The van der Waals surface area contributed by atoms with Crippen LogP contribution in [0.2, 0.25) is 0 Å². The van der Waals surface area contributed by atoms with Crippen LogP contribution in [0.15, 0.2) is 42.5 Å². The van der Waals surface area contributed by atoms with Gasteiger partial charge < -0.3 is 24.6 Å². The van der Waals surface area contributed by atoms with Crippen LogP contribution in [0.25, 0.3) is 0 Å². The SMILES string of the molecule is CCCC(=O)Nc1ccc2c(c1)C(=O)N(C)[C@@H]1CC[C@@H](CC(=O)N3CCc4ccccc4C3)O[C@@H]1CO2. The first-order valence-electron chi connectivity index (χ1n) is 13.3. The molecule has 8 nitrogen and oxygen atoms in total. The number of nitrogens with zero attached hydrogens (tertiary/aromatic N) is 2. The summed E-state index contributed by atoms with van der Waals surface area (Å²) in [4.78, 5) is 42.2. The van der Waals surface area contributed by atoms with Crippen LogP contribution in [0.1, 0.15) is 60.5 Å². The molecule has 1 saturated heterocycles. The van der Waals surface area contributed by atoms with E-state index < -0.39 is 0 Å². The Kier molecular flexibility index (Phi) is 7.46. The number of likely N-dealkylation sites (N-methyl/N-ethyl adjacent to an activating group) is 1. The number of amides is 3. The number of carbonyl (C=O) groups is 3. The van der Waals surface area contributed by atoms with Gasteiger partial charge in [-0.05, 0) is 55.0 Å². The molecule has 1 N–H and O–H groups in total. The first kappa shape index (κ1) is 25.3. The lowest BCUT2D eigenvalue weighted by atomic mass is 9.94. The second-order valence-electron chi connectivity index (χ2n) is 10.2. The Morgan fingerprint density at radius 3 is 2.73 bits per heavy atom. The summed E-state index contributed by atoms with van der Waals surface area (Å²) in [5.41, 5.74) is 3.54. The quantitative estimate of drug-likeness (QED) is 0.668. The van der Waals surface area contributed by atoms with Gasteiger partial charge in [0.05, 0.1) is 24.1 Å². The zero-order valence-corrected chi connectivity index (χ0v) is 21.6. The monoisotopic (exact) mass is 505 g/mol. The van der Waals surface area contributed by atoms with E-state index in [1.165, 1.54) is 11.1 Å². The fourth-order valence-electron chi connectivity index (χ4n) is 5.59. The van der Waals surface area contributed by atoms with Crippen molar-refractivity contribution in [2.45, 2.75) is 70.2 Å². The van der Waals surface area contributed by atoms with Gasteiger partial charge in [-0.2, -0.15) is 0 Å². The van der Waals surface area contributed by atoms with Crippen molar-refractivity contribution in [3.05, 3.63) is 59.2 Å². The lowest BCUT2D eigenvalue weighted by Crippen LogP contribution is -2.54. The van der Waals surface area contributed by atoms with Crippen LogP contribution in [0.5, 0.6) is 5.75 Å². The highest BCUT2D eigenvalue weighted by atomic mass is 16.5. The maximum atomic E-state index is 13.4. The summed E-state index contributed by atoms with van der Waals surface area (Å²) in [5.74, 6) is 0.334. The highest BCUT2D eigenvalue weighted by Gasteiger charge is 2.39. The second kappa shape index (κ2) is 10.9. The molecule has 0 unspecified atom stereocenters. The van der Waals surface area contributed by atoms with Crippen LogP contribution in [-0.2, 0) is 27.3 Å². The van der Waals surface area contributed by atoms with Gasteiger partial charge in [-0.25, -0.2) is 0 Å². The largest absolute Gasteiger partial charge is 0.490 e. The van der Waals surface area contributed by atoms with E-state index in [0.717, 1.165) is 25.8 Å². The van der Waals surface area contributed by atoms with Crippen LogP contribution in [-0.4, -0.2) is 66.0 Å². The topological polar surface area (TPSA) is 88.2 Å². The Morgan fingerprint density at radius 1 is 1.11 bits per heavy atom. The minimum absolute atomic E-state index is 0.0786. The molecule has 0 saturated carbocycles. The van der Waals surface area contributed by atoms with Gasteiger partial charge in [0.25, 0.3) is 5.91 Å². The molecule has 0 spiro atoms. The summed E-state index contributed by atoms with van der Waals surface area (Å²) in [6.07, 6.45) is 3.31. The number of carbonyl (C=O) groups excluding carboxylic acids is 3. The molecular weight excluding hydrogens is 470 g/mol. The maximum Gasteiger partial charge on any atom is 0.257 e. The van der Waals surface area contributed by atoms with Gasteiger partial charge in [0.15, 0.2) is 0 Å². The van der Waals surface area contributed by atoms with E-state index in [4.69, 9.17) is 9.47 Å². The third kappa shape index (κ3) is 5.49. The van der Waals surface area contributed by atoms with Gasteiger partial charge in [0.2, 0.25) is 11.8 Å². The zero-order valence-electron chi connectivity index (χ0n) is 21.6. The fourth-order valence-corrected chi connectivity index (χ4v) is 5.59. The second-order valence-corrected chi connectivity index (χ2v) is 10.2. The fraction of sp³-hybridized carbons (Fsp3) is 0.483. The molecule has 5 rings (SSSR count). The average Bonchev–Trinajstić information content (AvgIpc) is 2.91. The first-order chi connectivity index (χ1) is 17.9. The standard InChI is InChI=1S/C29H35N3O5/c1-3-6-27(33)30-21-9-12-25-23(15-21)29(35)31(2)24-11-10-22(37-26(24)18-36-25)16-28(34)32-14-13-19-7-4-5-8-20(19)17-32/h4-5,7-9,12,15,22,24,26H,3,6,10-11,13-14,16-18H2,1-2H3,(H,30,33)/t22-,24+,26+/m0/s1. The molecule has 3 amide bonds. The van der Waals surface area contributed by atoms with Crippen LogP contribution < -0.4 is 10.1 Å². The molecule has 3 aliphatic rings. The predicted octanol–water partition coefficient (Wildman–Crippen LogP) is 3.78. The van der Waals surface area contributed by atoms with Crippen molar-refractivity contribution in [2.75, 3.05) is 25.5 Å². The molecule has 3 atom stereocenters. The minimum Gasteiger partial charge on any atom is -0.490 e. The Morgan fingerprint density at radius 2 is 1.92 bits per heavy atom. The van der Waals surface area contributed by atoms with E-state index in [1.54, 1.807) is 30.1 Å². The molecule has 2 aromatic carbocycles. The predicted molar refractivity (Wildman–Crippen MR) is 139 cm³/mol. The molecule has 0 aromatic heterocycles. The van der Waals surface area contributed by atoms with Crippen LogP contribution in [0, 0.1) is 0 Å². The average molecular weight is 506 g/mol. The van der Waals surface area contributed by atoms with Crippen molar-refractivity contribution < 1.29 is 23.9 Å². The number of hydrogen-bond donors (Lipinski definition) is 1. The molecule has 3 heterocycles. The summed E-state index contributed by atoms with van der Waals surface area (Å²) >= 11 is 0. The first-order valence-corrected chi connectivity index (χ1v) is 13.3. The van der Waals surface area contributed by atoms with Crippen molar-refractivity contribution in [1.29, 1.82) is 0 Å². The summed E-state index contributed by atoms with van der Waals surface area (Å²) < 4.78 is 12.4. The summed E-state index contributed by atoms with van der Waals surface area (Å²) in [7, 11) is 1.79. The van der Waals surface area contributed by atoms with Gasteiger partial charge >= 0.3 is 0 Å². The van der Waals surface area contributed by atoms with Gasteiger partial charge in [0, 0.05) is 32.2 Å². The van der Waals surface area contributed by atoms with E-state index in [0.29, 0.717) is 49.4 Å². The van der Waals surface area contributed by atoms with Crippen LogP contribution in [0.3, 0.4) is 0 Å². The number of rotatable bonds is 5. The van der Waals surface area contributed by atoms with Crippen molar-refractivity contribution in [2.24, 2.45) is 0 Å². The van der Waals surface area contributed by atoms with Crippen molar-refractivity contribution >= 4 is 23.4 Å². The van der Waals surface area contributed by atoms with E-state index in [-0.39, 0.29) is 36.0 Å². The lowest BCUT2D eigenvalue weighted by molar-refractivity contribution is -0.143. The van der Waals surface area contributed by atoms with Gasteiger partial charge in [-0.1, -0.05) is 31.2 Å². The maximum absolute atomic E-state index is 13.4. The van der Waals surface area contributed by atoms with Gasteiger partial charge in [-0.3, -0.25) is 14.4 Å². The Hall–Kier alpha value is -3.39. The van der Waals surface area contributed by atoms with Crippen molar-refractivity contribution in [1.82, 2.24) is 9.80 Å². The van der Waals surface area contributed by atoms with Gasteiger partial charge in [0.1, 0.15) is 18.5 Å². The number of anilines is 1. The van der Waals surface area contributed by atoms with E-state index in [1.807, 2.05) is 24.0 Å². The normalized spacial score (nSPS) is 23.1. The highest BCUT2D eigenvalue weighted by Crippen LogP contribution is 2.33. The molecule has 196 valence electrons. The Bertz CT molecular complexity index is 1180. The zero-order chi connectivity index (χ0) is 25.9. The highest BCUT2D eigenvalue weighted by molar-refractivity contribution is 5.99. The van der Waals surface area contributed by atoms with Crippen LogP contribution >= 0.6 is 0 Å². The third-order valence-corrected chi connectivity index (χ3v) is 7.66. The number of benzene rings is 2. The molecule has 8 heteroatoms. The number of ether oxygens (including phenoxy) is 2. The number of hydrogen-bond acceptors (Lipinski definition) is 5. The summed E-state index contributed by atoms with van der Waals surface area (Å²) in [6, 6.07) is 13.3. The van der Waals surface area contributed by atoms with Crippen molar-refractivity contribution in [3.63, 3.8) is 0 Å². The third-order valence-electron chi connectivity index (χ3n) is 7.66. The van der Waals surface area contributed by atoms with E-state index in [9.17, 15) is 14.4 Å². The number of fused-ring (bicyclic) bond motifs is 3. The molecule has 0 radical (unpaired) electrons. The molecule has 0 bridgehead atoms. The van der Waals surface area contributed by atoms with Crippen molar-refractivity contribution in [3.8, 4) is 5.75 Å². The summed E-state index contributed by atoms with van der Waals surface area (Å²) in [6.45, 7) is 3.61. The van der Waals surface area contributed by atoms with Crippen LogP contribution in [0.4, 0.5) is 5.69 Å². The smallest absolute Gasteiger partial charge is 0.257 e. The molecular formula is C29H35N3O5. The van der Waals surface area contributed by atoms with Gasteiger partial charge in [-0.15, -0.1) is 0 Å². The molecule has 37 heavy (non-hydrogen) atoms. The molecule has 1 fully saturated rings. The molecule has 0 aliphatic carbocycles. The van der Waals surface area contributed by atoms with E-state index in [2.05, 4.69) is 17.4 Å². The van der Waals surface area contributed by atoms with E-state index >= 15 is 0 Å². The minimum atomic E-state index is -0.320. The Balaban J connectivity index is 1.23.